The number of hydrogen-bond donors (Lipinski definition) is 2. The molecule has 0 atom stereocenters. The first-order valence-electron chi connectivity index (χ1n) is 37.5. The van der Waals surface area contributed by atoms with Crippen LogP contribution in [0.25, 0.3) is 0 Å². The number of unbranched alkanes of at least 4 members (excludes halogenated alkanes) is 34. The fraction of sp³-hybridized carbons (Fsp3) is 0.802. The van der Waals surface area contributed by atoms with E-state index in [1.165, 1.54) is 205 Å². The summed E-state index contributed by atoms with van der Waals surface area (Å²) in [6, 6.07) is 8.05. The lowest BCUT2D eigenvalue weighted by atomic mass is 9.78. The molecule has 10 heteroatoms. The quantitative estimate of drug-likeness (QED) is 0.0377. The summed E-state index contributed by atoms with van der Waals surface area (Å²) in [5, 5.41) is 23.8. The average molecular weight is 1310 g/mol. The van der Waals surface area contributed by atoms with Crippen LogP contribution < -0.4 is 0 Å². The first-order valence-corrected chi connectivity index (χ1v) is 38.3. The van der Waals surface area contributed by atoms with E-state index in [2.05, 4.69) is 96.9 Å². The van der Waals surface area contributed by atoms with Crippen molar-refractivity contribution in [3.8, 4) is 11.5 Å². The van der Waals surface area contributed by atoms with Crippen molar-refractivity contribution in [1.29, 1.82) is 0 Å². The van der Waals surface area contributed by atoms with E-state index >= 15 is 0 Å². The summed E-state index contributed by atoms with van der Waals surface area (Å²) in [7, 11) is 0. The Morgan fingerprint density at radius 3 is 0.725 bits per heavy atom. The second kappa shape index (κ2) is 46.8. The van der Waals surface area contributed by atoms with Crippen LogP contribution in [0.5, 0.6) is 11.5 Å². The summed E-state index contributed by atoms with van der Waals surface area (Å²) in [5.74, 6) is -0.209. The van der Waals surface area contributed by atoms with Crippen molar-refractivity contribution in [1.82, 2.24) is 0 Å². The third-order valence-electron chi connectivity index (χ3n) is 18.4. The van der Waals surface area contributed by atoms with Gasteiger partial charge >= 0.3 is 11.9 Å². The molecule has 2 N–H and O–H groups in total. The fourth-order valence-corrected chi connectivity index (χ4v) is 12.7. The van der Waals surface area contributed by atoms with E-state index in [1.54, 1.807) is 0 Å². The third kappa shape index (κ3) is 38.8. The van der Waals surface area contributed by atoms with Crippen LogP contribution in [0.4, 0.5) is 0 Å². The van der Waals surface area contributed by atoms with Crippen LogP contribution in [0.2, 0.25) is 0 Å². The molecule has 2 aromatic carbocycles. The van der Waals surface area contributed by atoms with Crippen LogP contribution in [0.1, 0.15) is 387 Å². The second-order valence-corrected chi connectivity index (χ2v) is 32.7. The van der Waals surface area contributed by atoms with Crippen molar-refractivity contribution in [3.05, 3.63) is 57.6 Å². The van der Waals surface area contributed by atoms with Gasteiger partial charge in [0.1, 0.15) is 43.3 Å². The molecule has 2 aromatic rings. The van der Waals surface area contributed by atoms with Gasteiger partial charge in [-0.1, -0.05) is 340 Å². The molecule has 0 saturated carbocycles. The predicted octanol–water partition coefficient (Wildman–Crippen LogP) is 24.5. The average Bonchev–Trinajstić information content (AvgIpc) is 0.851. The van der Waals surface area contributed by atoms with E-state index in [1.807, 2.05) is 24.3 Å². The van der Waals surface area contributed by atoms with Gasteiger partial charge in [0.05, 0.1) is 0 Å². The summed E-state index contributed by atoms with van der Waals surface area (Å²) in [4.78, 5) is 28.1. The van der Waals surface area contributed by atoms with Crippen molar-refractivity contribution >= 4 is 46.5 Å². The molecule has 2 rings (SSSR count). The third-order valence-corrected chi connectivity index (χ3v) is 19.1. The number of aromatic hydroxyl groups is 2. The monoisotopic (exact) mass is 1300 g/mol. The summed E-state index contributed by atoms with van der Waals surface area (Å²) in [6.45, 7) is 29.4. The van der Waals surface area contributed by atoms with Crippen molar-refractivity contribution in [2.24, 2.45) is 5.41 Å². The number of phenolic OH excluding ortho intramolecular Hbond substituents is 2. The van der Waals surface area contributed by atoms with Gasteiger partial charge in [0.15, 0.2) is 10.1 Å². The lowest BCUT2D eigenvalue weighted by Gasteiger charge is -2.32. The first kappa shape index (κ1) is 83.8. The molecule has 0 bridgehead atoms. The molecule has 0 heterocycles. The van der Waals surface area contributed by atoms with E-state index in [0.717, 1.165) is 59.1 Å². The molecule has 524 valence electrons. The zero-order valence-electron chi connectivity index (χ0n) is 61.5. The van der Waals surface area contributed by atoms with E-state index in [0.29, 0.717) is 47.3 Å². The van der Waals surface area contributed by atoms with Gasteiger partial charge in [-0.15, -0.1) is 0 Å². The number of rotatable bonds is 52. The van der Waals surface area contributed by atoms with Gasteiger partial charge in [-0.05, 0) is 105 Å². The molecule has 0 amide bonds. The van der Waals surface area contributed by atoms with Crippen LogP contribution in [-0.2, 0) is 63.0 Å². The molecule has 91 heavy (non-hydrogen) atoms. The van der Waals surface area contributed by atoms with E-state index in [-0.39, 0.29) is 60.9 Å². The smallest absolute Gasteiger partial charge is 0.306 e. The molecule has 0 spiro atoms. The maximum absolute atomic E-state index is 14.0. The standard InChI is InChI=1S/C81H140O8S2/c1-15-17-19-21-23-25-27-29-31-33-35-37-39-41-43-45-47-49-51-73(90)88-63-81(61-86-71(82)55-53-65-57-67(77(3,4)5)75(84)68(58-65)78(6,7)8,62-87-72(83)56-54-66-59-69(79(9,10)11)76(85)70(60-66)80(12,13)14)64-89-74(91)52-50-48-46-44-42-40-38-36-34-32-30-28-26-24-22-20-18-16-2/h57-60,84-85H,15-56,61-64H2,1-14H3. The molecular formula is C81H140O8S2. The number of carbonyl (C=O) groups is 2. The molecule has 0 aliphatic carbocycles. The van der Waals surface area contributed by atoms with Crippen LogP contribution in [0.15, 0.2) is 24.3 Å². The Balaban J connectivity index is 2.21. The van der Waals surface area contributed by atoms with Gasteiger partial charge in [0, 0.05) is 25.7 Å². The highest BCUT2D eigenvalue weighted by molar-refractivity contribution is 7.80. The zero-order chi connectivity index (χ0) is 67.6. The van der Waals surface area contributed by atoms with Crippen molar-refractivity contribution in [3.63, 3.8) is 0 Å². The highest BCUT2D eigenvalue weighted by Gasteiger charge is 2.38. The van der Waals surface area contributed by atoms with E-state index in [4.69, 9.17) is 43.4 Å². The van der Waals surface area contributed by atoms with Crippen LogP contribution >= 0.6 is 24.4 Å². The Morgan fingerprint density at radius 2 is 0.516 bits per heavy atom. The molecule has 8 nitrogen and oxygen atoms in total. The Bertz CT molecular complexity index is 2060. The molecule has 0 aliphatic rings. The van der Waals surface area contributed by atoms with Gasteiger partial charge in [0.25, 0.3) is 0 Å². The number of thiocarbonyl (C=S) groups is 2. The molecule has 0 aliphatic heterocycles. The Hall–Kier alpha value is -3.24. The molecular weight excluding hydrogens is 1170 g/mol. The van der Waals surface area contributed by atoms with Gasteiger partial charge in [-0.2, -0.15) is 0 Å². The summed E-state index contributed by atoms with van der Waals surface area (Å²) >= 11 is 11.8. The molecule has 0 unspecified atom stereocenters. The van der Waals surface area contributed by atoms with E-state index < -0.39 is 17.4 Å². The Labute approximate surface area is 571 Å². The van der Waals surface area contributed by atoms with Crippen molar-refractivity contribution < 1.29 is 38.7 Å². The number of carbonyl (C=O) groups excluding carboxylic acids is 2. The number of benzene rings is 2. The number of hydrogen-bond acceptors (Lipinski definition) is 10. The van der Waals surface area contributed by atoms with Gasteiger partial charge in [-0.25, -0.2) is 0 Å². The number of aryl methyl sites for hydroxylation is 2. The summed E-state index contributed by atoms with van der Waals surface area (Å²) < 4.78 is 25.4. The number of ether oxygens (including phenoxy) is 4. The van der Waals surface area contributed by atoms with Crippen LogP contribution in [-0.4, -0.2) is 58.7 Å². The largest absolute Gasteiger partial charge is 0.507 e. The number of phenols is 2. The van der Waals surface area contributed by atoms with Gasteiger partial charge < -0.3 is 29.2 Å². The van der Waals surface area contributed by atoms with E-state index in [9.17, 15) is 19.8 Å². The van der Waals surface area contributed by atoms with Crippen molar-refractivity contribution in [2.45, 2.75) is 388 Å². The summed E-state index contributed by atoms with van der Waals surface area (Å²) in [6.07, 6.45) is 49.4. The minimum absolute atomic E-state index is 0.0109. The van der Waals surface area contributed by atoms with Crippen LogP contribution in [0.3, 0.4) is 0 Å². The van der Waals surface area contributed by atoms with Gasteiger partial charge in [-0.3, -0.25) is 9.59 Å². The maximum Gasteiger partial charge on any atom is 0.306 e. The maximum atomic E-state index is 14.0. The molecule has 0 radical (unpaired) electrons. The zero-order valence-corrected chi connectivity index (χ0v) is 63.1. The molecule has 0 fully saturated rings. The van der Waals surface area contributed by atoms with Crippen LogP contribution in [0, 0.1) is 5.41 Å². The second-order valence-electron chi connectivity index (χ2n) is 31.7. The number of esters is 2. The van der Waals surface area contributed by atoms with Crippen molar-refractivity contribution in [2.75, 3.05) is 26.4 Å². The molecule has 0 saturated heterocycles. The topological polar surface area (TPSA) is 112 Å². The lowest BCUT2D eigenvalue weighted by Crippen LogP contribution is -2.43. The first-order chi connectivity index (χ1) is 43.1. The normalized spacial score (nSPS) is 12.4. The summed E-state index contributed by atoms with van der Waals surface area (Å²) in [5.41, 5.74) is 2.88. The van der Waals surface area contributed by atoms with Gasteiger partial charge in [0.2, 0.25) is 0 Å². The predicted molar refractivity (Wildman–Crippen MR) is 396 cm³/mol. The highest BCUT2D eigenvalue weighted by Crippen LogP contribution is 2.42. The SMILES string of the molecule is CCCCCCCCCCCCCCCCCCCCC(=S)OCC(COC(=O)CCc1cc(C(C)(C)C)c(O)c(C(C)(C)C)c1)(COC(=O)CCc1cc(C(C)(C)C)c(O)c(C(C)(C)C)c1)COC(=S)CCCCCCCCCCCCCCCCCCCC. The lowest BCUT2D eigenvalue weighted by molar-refractivity contribution is -0.158. The Morgan fingerprint density at radius 1 is 0.319 bits per heavy atom. The molecule has 0 aromatic heterocycles. The minimum Gasteiger partial charge on any atom is -0.507 e. The minimum atomic E-state index is -1.13. The fourth-order valence-electron chi connectivity index (χ4n) is 12.3. The highest BCUT2D eigenvalue weighted by atomic mass is 32.1. The Kier molecular flexibility index (Phi) is 43.1.